The van der Waals surface area contributed by atoms with E-state index < -0.39 is 10.2 Å². The van der Waals surface area contributed by atoms with Crippen molar-refractivity contribution in [1.82, 2.24) is 9.03 Å². The first kappa shape index (κ1) is 10.9. The Hall–Kier alpha value is -0.130. The van der Waals surface area contributed by atoms with Gasteiger partial charge in [0.1, 0.15) is 0 Å². The molecule has 0 aliphatic carbocycles. The van der Waals surface area contributed by atoms with Crippen LogP contribution in [0.1, 0.15) is 26.7 Å². The van der Waals surface area contributed by atoms with Crippen molar-refractivity contribution in [3.05, 3.63) is 0 Å². The Balaban J connectivity index is 2.60. The van der Waals surface area contributed by atoms with Crippen LogP contribution >= 0.6 is 0 Å². The first-order valence-corrected chi connectivity index (χ1v) is 6.25. The quantitative estimate of drug-likeness (QED) is 0.734. The molecule has 1 heterocycles. The molecule has 1 unspecified atom stereocenters. The fourth-order valence-corrected chi connectivity index (χ4v) is 3.01. The highest BCUT2D eigenvalue weighted by Crippen LogP contribution is 2.17. The van der Waals surface area contributed by atoms with Crippen molar-refractivity contribution in [2.75, 3.05) is 19.6 Å². The van der Waals surface area contributed by atoms with Gasteiger partial charge in [-0.1, -0.05) is 13.8 Å². The minimum Gasteiger partial charge on any atom is -0.202 e. The molecule has 5 heteroatoms. The molecule has 0 saturated carbocycles. The molecule has 0 radical (unpaired) electrons. The Bertz CT molecular complexity index is 251. The highest BCUT2D eigenvalue weighted by Gasteiger charge is 2.25. The summed E-state index contributed by atoms with van der Waals surface area (Å²) in [4.78, 5) is 0. The first-order chi connectivity index (χ1) is 6.06. The lowest BCUT2D eigenvalue weighted by Crippen LogP contribution is -2.45. The largest absolute Gasteiger partial charge is 0.279 e. The van der Waals surface area contributed by atoms with Crippen molar-refractivity contribution in [1.29, 1.82) is 0 Å². The van der Waals surface area contributed by atoms with E-state index in [1.807, 2.05) is 0 Å². The Morgan fingerprint density at radius 3 is 2.77 bits per heavy atom. The monoisotopic (exact) mass is 206 g/mol. The summed E-state index contributed by atoms with van der Waals surface area (Å²) in [6, 6.07) is 0. The number of piperidine rings is 1. The molecule has 13 heavy (non-hydrogen) atoms. The molecule has 1 aliphatic heterocycles. The summed E-state index contributed by atoms with van der Waals surface area (Å²) < 4.78 is 27.1. The van der Waals surface area contributed by atoms with E-state index in [0.29, 0.717) is 25.6 Å². The summed E-state index contributed by atoms with van der Waals surface area (Å²) >= 11 is 0. The zero-order chi connectivity index (χ0) is 9.90. The smallest absolute Gasteiger partial charge is 0.202 e. The SMILES string of the molecule is CCNS(=O)(=O)N1CCCC(C)C1. The Morgan fingerprint density at radius 2 is 2.23 bits per heavy atom. The minimum absolute atomic E-state index is 0.465. The maximum absolute atomic E-state index is 11.5. The van der Waals surface area contributed by atoms with Gasteiger partial charge < -0.3 is 0 Å². The first-order valence-electron chi connectivity index (χ1n) is 4.81. The van der Waals surface area contributed by atoms with Crippen LogP contribution in [0.3, 0.4) is 0 Å². The third kappa shape index (κ3) is 2.93. The summed E-state index contributed by atoms with van der Waals surface area (Å²) in [5.74, 6) is 0.488. The van der Waals surface area contributed by atoms with Gasteiger partial charge in [0.2, 0.25) is 0 Å². The lowest BCUT2D eigenvalue weighted by Gasteiger charge is -2.29. The van der Waals surface area contributed by atoms with Crippen molar-refractivity contribution >= 4 is 10.2 Å². The Morgan fingerprint density at radius 1 is 1.54 bits per heavy atom. The molecule has 4 nitrogen and oxygen atoms in total. The summed E-state index contributed by atoms with van der Waals surface area (Å²) in [5.41, 5.74) is 0. The summed E-state index contributed by atoms with van der Waals surface area (Å²) in [6.07, 6.45) is 2.12. The maximum Gasteiger partial charge on any atom is 0.279 e. The average molecular weight is 206 g/mol. The number of hydrogen-bond acceptors (Lipinski definition) is 2. The molecule has 0 spiro atoms. The zero-order valence-corrected chi connectivity index (χ0v) is 9.10. The van der Waals surface area contributed by atoms with E-state index in [0.717, 1.165) is 12.8 Å². The van der Waals surface area contributed by atoms with Crippen LogP contribution in [0.15, 0.2) is 0 Å². The molecule has 0 aromatic rings. The summed E-state index contributed by atoms with van der Waals surface area (Å²) in [5, 5.41) is 0. The Kier molecular flexibility index (Phi) is 3.70. The molecule has 0 bridgehead atoms. The van der Waals surface area contributed by atoms with Gasteiger partial charge in [-0.05, 0) is 18.8 Å². The molecule has 1 N–H and O–H groups in total. The normalized spacial score (nSPS) is 26.2. The lowest BCUT2D eigenvalue weighted by molar-refractivity contribution is 0.278. The van der Waals surface area contributed by atoms with Crippen LogP contribution < -0.4 is 4.72 Å². The standard InChI is InChI=1S/C8H18N2O2S/c1-3-9-13(11,12)10-6-4-5-8(2)7-10/h8-9H,3-7H2,1-2H3. The van der Waals surface area contributed by atoms with Crippen LogP contribution in [0.25, 0.3) is 0 Å². The molecule has 0 aromatic carbocycles. The fourth-order valence-electron chi connectivity index (χ4n) is 1.64. The fraction of sp³-hybridized carbons (Fsp3) is 1.00. The second-order valence-corrected chi connectivity index (χ2v) is 5.36. The molecule has 1 rings (SSSR count). The van der Waals surface area contributed by atoms with Crippen LogP contribution in [0, 0.1) is 5.92 Å². The molecule has 0 aromatic heterocycles. The molecule has 1 atom stereocenters. The predicted octanol–water partition coefficient (Wildman–Crippen LogP) is 0.573. The van der Waals surface area contributed by atoms with Gasteiger partial charge in [0.15, 0.2) is 0 Å². The van der Waals surface area contributed by atoms with E-state index in [2.05, 4.69) is 11.6 Å². The average Bonchev–Trinajstić information content (AvgIpc) is 2.04. The van der Waals surface area contributed by atoms with Gasteiger partial charge in [0.05, 0.1) is 0 Å². The van der Waals surface area contributed by atoms with E-state index in [9.17, 15) is 8.42 Å². The van der Waals surface area contributed by atoms with E-state index in [1.165, 1.54) is 0 Å². The van der Waals surface area contributed by atoms with Crippen molar-refractivity contribution in [3.63, 3.8) is 0 Å². The Labute approximate surface area is 80.5 Å². The van der Waals surface area contributed by atoms with Crippen molar-refractivity contribution < 1.29 is 8.42 Å². The second-order valence-electron chi connectivity index (χ2n) is 3.61. The number of rotatable bonds is 3. The third-order valence-corrected chi connectivity index (χ3v) is 3.95. The third-order valence-electron chi connectivity index (χ3n) is 2.29. The highest BCUT2D eigenvalue weighted by atomic mass is 32.2. The molecule has 0 amide bonds. The van der Waals surface area contributed by atoms with E-state index in [1.54, 1.807) is 11.2 Å². The van der Waals surface area contributed by atoms with Crippen LogP contribution in [-0.2, 0) is 10.2 Å². The van der Waals surface area contributed by atoms with Gasteiger partial charge in [-0.3, -0.25) is 0 Å². The van der Waals surface area contributed by atoms with Gasteiger partial charge >= 0.3 is 0 Å². The van der Waals surface area contributed by atoms with E-state index >= 15 is 0 Å². The van der Waals surface area contributed by atoms with Gasteiger partial charge in [-0.2, -0.15) is 12.7 Å². The molecule has 1 aliphatic rings. The van der Waals surface area contributed by atoms with Gasteiger partial charge in [-0.25, -0.2) is 4.72 Å². The zero-order valence-electron chi connectivity index (χ0n) is 8.28. The lowest BCUT2D eigenvalue weighted by atomic mass is 10.0. The van der Waals surface area contributed by atoms with Crippen LogP contribution in [-0.4, -0.2) is 32.4 Å². The molecular weight excluding hydrogens is 188 g/mol. The molecule has 78 valence electrons. The number of nitrogens with zero attached hydrogens (tertiary/aromatic N) is 1. The van der Waals surface area contributed by atoms with Crippen LogP contribution in [0.2, 0.25) is 0 Å². The van der Waals surface area contributed by atoms with Crippen LogP contribution in [0.4, 0.5) is 0 Å². The minimum atomic E-state index is -3.18. The summed E-state index contributed by atoms with van der Waals surface area (Å²) in [6.45, 7) is 5.68. The van der Waals surface area contributed by atoms with Gasteiger partial charge in [-0.15, -0.1) is 0 Å². The summed E-state index contributed by atoms with van der Waals surface area (Å²) in [7, 11) is -3.18. The molecule has 1 saturated heterocycles. The second kappa shape index (κ2) is 4.39. The van der Waals surface area contributed by atoms with E-state index in [4.69, 9.17) is 0 Å². The number of hydrogen-bond donors (Lipinski definition) is 1. The van der Waals surface area contributed by atoms with Gasteiger partial charge in [0, 0.05) is 19.6 Å². The maximum atomic E-state index is 11.5. The van der Waals surface area contributed by atoms with Crippen LogP contribution in [0.5, 0.6) is 0 Å². The number of nitrogens with one attached hydrogen (secondary N) is 1. The van der Waals surface area contributed by atoms with E-state index in [-0.39, 0.29) is 0 Å². The van der Waals surface area contributed by atoms with Gasteiger partial charge in [0.25, 0.3) is 10.2 Å². The van der Waals surface area contributed by atoms with Crippen molar-refractivity contribution in [2.45, 2.75) is 26.7 Å². The predicted molar refractivity (Wildman–Crippen MR) is 52.6 cm³/mol. The highest BCUT2D eigenvalue weighted by molar-refractivity contribution is 7.87. The molecular formula is C8H18N2O2S. The molecule has 1 fully saturated rings. The van der Waals surface area contributed by atoms with Crippen molar-refractivity contribution in [3.8, 4) is 0 Å². The topological polar surface area (TPSA) is 49.4 Å². The van der Waals surface area contributed by atoms with Crippen molar-refractivity contribution in [2.24, 2.45) is 5.92 Å².